The maximum Gasteiger partial charge on any atom is 0.0979 e. The molecule has 2 heterocycles. The monoisotopic (exact) mass is 124 g/mol. The van der Waals surface area contributed by atoms with Crippen LogP contribution < -0.4 is 10.6 Å². The van der Waals surface area contributed by atoms with Crippen molar-refractivity contribution in [3.8, 4) is 0 Å². The molecule has 0 atom stereocenters. The lowest BCUT2D eigenvalue weighted by Gasteiger charge is -2.15. The van der Waals surface area contributed by atoms with E-state index in [-0.39, 0.29) is 0 Å². The van der Waals surface area contributed by atoms with E-state index in [0.717, 1.165) is 13.1 Å². The van der Waals surface area contributed by atoms with E-state index in [1.807, 2.05) is 0 Å². The van der Waals surface area contributed by atoms with Crippen LogP contribution in [0.2, 0.25) is 0 Å². The molecule has 0 radical (unpaired) electrons. The first-order chi connectivity index (χ1) is 4.47. The summed E-state index contributed by atoms with van der Waals surface area (Å²) in [4.78, 5) is 0. The standard InChI is InChI=1S/C7H12N2/c1-2-6-3-5-9-7(6)8-4-1/h8-9H,1-5H2. The van der Waals surface area contributed by atoms with E-state index in [4.69, 9.17) is 0 Å². The second-order valence-corrected chi connectivity index (χ2v) is 2.69. The molecule has 0 saturated carbocycles. The highest BCUT2D eigenvalue weighted by Crippen LogP contribution is 2.19. The molecular weight excluding hydrogens is 112 g/mol. The van der Waals surface area contributed by atoms with Crippen molar-refractivity contribution in [3.63, 3.8) is 0 Å². The predicted molar refractivity (Wildman–Crippen MR) is 36.9 cm³/mol. The molecule has 0 amide bonds. The summed E-state index contributed by atoms with van der Waals surface area (Å²) in [7, 11) is 0. The van der Waals surface area contributed by atoms with E-state index in [0.29, 0.717) is 0 Å². The summed E-state index contributed by atoms with van der Waals surface area (Å²) in [5.74, 6) is 1.33. The molecule has 50 valence electrons. The molecule has 0 aliphatic carbocycles. The minimum absolute atomic E-state index is 1.15. The molecule has 2 aliphatic rings. The molecular formula is C7H12N2. The van der Waals surface area contributed by atoms with E-state index in [2.05, 4.69) is 10.6 Å². The third-order valence-corrected chi connectivity index (χ3v) is 2.04. The number of hydrogen-bond acceptors (Lipinski definition) is 2. The third kappa shape index (κ3) is 0.784. The largest absolute Gasteiger partial charge is 0.372 e. The maximum atomic E-state index is 3.35. The zero-order valence-corrected chi connectivity index (χ0v) is 5.54. The Morgan fingerprint density at radius 1 is 1.00 bits per heavy atom. The SMILES string of the molecule is C1CNC2=C(C1)CCN2. The van der Waals surface area contributed by atoms with Crippen molar-refractivity contribution in [2.24, 2.45) is 0 Å². The van der Waals surface area contributed by atoms with Gasteiger partial charge >= 0.3 is 0 Å². The fraction of sp³-hybridized carbons (Fsp3) is 0.714. The van der Waals surface area contributed by atoms with Crippen molar-refractivity contribution in [2.45, 2.75) is 19.3 Å². The van der Waals surface area contributed by atoms with E-state index in [9.17, 15) is 0 Å². The topological polar surface area (TPSA) is 24.1 Å². The molecule has 0 aromatic heterocycles. The first-order valence-corrected chi connectivity index (χ1v) is 3.66. The van der Waals surface area contributed by atoms with E-state index in [1.165, 1.54) is 25.1 Å². The van der Waals surface area contributed by atoms with Gasteiger partial charge in [0, 0.05) is 13.1 Å². The Bertz CT molecular complexity index is 133. The van der Waals surface area contributed by atoms with Gasteiger partial charge in [-0.15, -0.1) is 0 Å². The minimum Gasteiger partial charge on any atom is -0.372 e. The summed E-state index contributed by atoms with van der Waals surface area (Å²) in [6.07, 6.45) is 3.90. The lowest BCUT2D eigenvalue weighted by atomic mass is 10.1. The third-order valence-electron chi connectivity index (χ3n) is 2.04. The summed E-state index contributed by atoms with van der Waals surface area (Å²) >= 11 is 0. The molecule has 2 heteroatoms. The van der Waals surface area contributed by atoms with Gasteiger partial charge in [0.15, 0.2) is 0 Å². The van der Waals surface area contributed by atoms with Crippen LogP contribution in [0, 0.1) is 0 Å². The van der Waals surface area contributed by atoms with Gasteiger partial charge in [0.2, 0.25) is 0 Å². The molecule has 9 heavy (non-hydrogen) atoms. The van der Waals surface area contributed by atoms with Crippen LogP contribution in [0.15, 0.2) is 11.4 Å². The number of rotatable bonds is 0. The average Bonchev–Trinajstić information content (AvgIpc) is 2.33. The molecule has 0 unspecified atom stereocenters. The van der Waals surface area contributed by atoms with Crippen molar-refractivity contribution in [2.75, 3.05) is 13.1 Å². The molecule has 0 bridgehead atoms. The zero-order chi connectivity index (χ0) is 6.10. The molecule has 0 spiro atoms. The highest BCUT2D eigenvalue weighted by Gasteiger charge is 2.15. The van der Waals surface area contributed by atoms with E-state index in [1.54, 1.807) is 5.57 Å². The Labute approximate surface area is 55.3 Å². The Kier molecular flexibility index (Phi) is 1.11. The highest BCUT2D eigenvalue weighted by molar-refractivity contribution is 5.18. The van der Waals surface area contributed by atoms with Crippen LogP contribution in [0.4, 0.5) is 0 Å². The van der Waals surface area contributed by atoms with E-state index >= 15 is 0 Å². The van der Waals surface area contributed by atoms with Gasteiger partial charge in [-0.1, -0.05) is 0 Å². The first-order valence-electron chi connectivity index (χ1n) is 3.66. The molecule has 0 aromatic carbocycles. The quantitative estimate of drug-likeness (QED) is 0.493. The van der Waals surface area contributed by atoms with Crippen molar-refractivity contribution in [1.29, 1.82) is 0 Å². The Balaban J connectivity index is 2.17. The lowest BCUT2D eigenvalue weighted by Crippen LogP contribution is -2.26. The number of nitrogens with one attached hydrogen (secondary N) is 2. The number of hydrogen-bond donors (Lipinski definition) is 2. The summed E-state index contributed by atoms with van der Waals surface area (Å²) in [5.41, 5.74) is 1.61. The van der Waals surface area contributed by atoms with Crippen molar-refractivity contribution in [3.05, 3.63) is 11.4 Å². The second kappa shape index (κ2) is 1.94. The fourth-order valence-electron chi connectivity index (χ4n) is 1.54. The molecule has 2 N–H and O–H groups in total. The van der Waals surface area contributed by atoms with Gasteiger partial charge in [0.25, 0.3) is 0 Å². The Morgan fingerprint density at radius 2 is 1.89 bits per heavy atom. The summed E-state index contributed by atoms with van der Waals surface area (Å²) in [5, 5.41) is 6.68. The predicted octanol–water partition coefficient (Wildman–Crippen LogP) is 0.575. The average molecular weight is 124 g/mol. The smallest absolute Gasteiger partial charge is 0.0979 e. The van der Waals surface area contributed by atoms with Crippen LogP contribution in [-0.2, 0) is 0 Å². The van der Waals surface area contributed by atoms with Gasteiger partial charge in [-0.05, 0) is 24.8 Å². The van der Waals surface area contributed by atoms with Crippen LogP contribution in [0.1, 0.15) is 19.3 Å². The maximum absolute atomic E-state index is 3.35. The summed E-state index contributed by atoms with van der Waals surface area (Å²) < 4.78 is 0. The zero-order valence-electron chi connectivity index (χ0n) is 5.54. The first kappa shape index (κ1) is 5.15. The van der Waals surface area contributed by atoms with Crippen LogP contribution in [0.5, 0.6) is 0 Å². The van der Waals surface area contributed by atoms with Crippen LogP contribution in [-0.4, -0.2) is 13.1 Å². The van der Waals surface area contributed by atoms with Crippen molar-refractivity contribution < 1.29 is 0 Å². The van der Waals surface area contributed by atoms with E-state index < -0.39 is 0 Å². The van der Waals surface area contributed by atoms with Crippen LogP contribution >= 0.6 is 0 Å². The molecule has 2 rings (SSSR count). The lowest BCUT2D eigenvalue weighted by molar-refractivity contribution is 0.644. The summed E-state index contributed by atoms with van der Waals surface area (Å²) in [6.45, 7) is 2.31. The molecule has 2 nitrogen and oxygen atoms in total. The van der Waals surface area contributed by atoms with Crippen molar-refractivity contribution in [1.82, 2.24) is 10.6 Å². The van der Waals surface area contributed by atoms with Crippen molar-refractivity contribution >= 4 is 0 Å². The Hall–Kier alpha value is -0.660. The Morgan fingerprint density at radius 3 is 2.78 bits per heavy atom. The fourth-order valence-corrected chi connectivity index (χ4v) is 1.54. The van der Waals surface area contributed by atoms with Gasteiger partial charge in [0.1, 0.15) is 0 Å². The van der Waals surface area contributed by atoms with Gasteiger partial charge in [-0.3, -0.25) is 0 Å². The molecule has 0 aromatic rings. The van der Waals surface area contributed by atoms with Gasteiger partial charge in [-0.2, -0.15) is 0 Å². The normalized spacial score (nSPS) is 24.9. The summed E-state index contributed by atoms with van der Waals surface area (Å²) in [6, 6.07) is 0. The molecule has 2 aliphatic heterocycles. The van der Waals surface area contributed by atoms with Crippen LogP contribution in [0.3, 0.4) is 0 Å². The van der Waals surface area contributed by atoms with Crippen LogP contribution in [0.25, 0.3) is 0 Å². The van der Waals surface area contributed by atoms with Gasteiger partial charge in [0.05, 0.1) is 5.82 Å². The minimum atomic E-state index is 1.15. The molecule has 0 saturated heterocycles. The second-order valence-electron chi connectivity index (χ2n) is 2.69. The van der Waals surface area contributed by atoms with Gasteiger partial charge in [-0.25, -0.2) is 0 Å². The highest BCUT2D eigenvalue weighted by atomic mass is 15.1. The molecule has 0 fully saturated rings. The van der Waals surface area contributed by atoms with Gasteiger partial charge < -0.3 is 10.6 Å².